The maximum absolute atomic E-state index is 11.8. The first-order valence-corrected chi connectivity index (χ1v) is 11.1. The molecule has 1 heterocycles. The second kappa shape index (κ2) is 15.2. The summed E-state index contributed by atoms with van der Waals surface area (Å²) in [5.41, 5.74) is 0. The van der Waals surface area contributed by atoms with E-state index in [4.69, 9.17) is 18.9 Å². The van der Waals surface area contributed by atoms with Gasteiger partial charge < -0.3 is 18.9 Å². The first-order chi connectivity index (χ1) is 14.0. The molecule has 0 aliphatic carbocycles. The molecule has 0 aromatic rings. The molecule has 1 saturated heterocycles. The van der Waals surface area contributed by atoms with Crippen LogP contribution in [0.1, 0.15) is 91.4 Å². The van der Waals surface area contributed by atoms with E-state index in [1.54, 1.807) is 20.8 Å². The fourth-order valence-electron chi connectivity index (χ4n) is 3.28. The molecule has 0 saturated carbocycles. The van der Waals surface area contributed by atoms with E-state index in [-0.39, 0.29) is 36.2 Å². The summed E-state index contributed by atoms with van der Waals surface area (Å²) in [6, 6.07) is 0. The fraction of sp³-hybridized carbons (Fsp3) is 0.864. The molecule has 7 nitrogen and oxygen atoms in total. The second-order valence-corrected chi connectivity index (χ2v) is 7.44. The van der Waals surface area contributed by atoms with Crippen LogP contribution in [0.5, 0.6) is 0 Å². The molecular formula is C22H38O7. The molecule has 0 unspecified atom stereocenters. The zero-order chi connectivity index (χ0) is 21.5. The first kappa shape index (κ1) is 25.4. The number of carbonyl (C=O) groups is 3. The largest absolute Gasteiger partial charge is 0.466 e. The van der Waals surface area contributed by atoms with Gasteiger partial charge in [0, 0.05) is 25.9 Å². The summed E-state index contributed by atoms with van der Waals surface area (Å²) in [5.74, 6) is -0.689. The number of hydrogen-bond acceptors (Lipinski definition) is 7. The molecule has 0 N–H and O–H groups in total. The Hall–Kier alpha value is -1.63. The lowest BCUT2D eigenvalue weighted by atomic mass is 10.0. The zero-order valence-corrected chi connectivity index (χ0v) is 18.3. The van der Waals surface area contributed by atoms with Crippen molar-refractivity contribution in [2.45, 2.75) is 110 Å². The number of ether oxygens (including phenoxy) is 4. The SMILES string of the molecule is CCC(=O)OCCC[C@H](CC[C@@H](CC[C@@H]1CCCO1)OC(=O)CC)OC(=O)CC. The van der Waals surface area contributed by atoms with E-state index < -0.39 is 0 Å². The summed E-state index contributed by atoms with van der Waals surface area (Å²) >= 11 is 0. The van der Waals surface area contributed by atoms with Crippen molar-refractivity contribution >= 4 is 17.9 Å². The van der Waals surface area contributed by atoms with Crippen LogP contribution in [0, 0.1) is 0 Å². The van der Waals surface area contributed by atoms with Gasteiger partial charge in [0.25, 0.3) is 0 Å². The van der Waals surface area contributed by atoms with Crippen LogP contribution in [0.4, 0.5) is 0 Å². The van der Waals surface area contributed by atoms with Gasteiger partial charge in [-0.05, 0) is 51.4 Å². The van der Waals surface area contributed by atoms with Gasteiger partial charge in [-0.15, -0.1) is 0 Å². The molecule has 1 aliphatic rings. The van der Waals surface area contributed by atoms with E-state index in [2.05, 4.69) is 0 Å². The van der Waals surface area contributed by atoms with Gasteiger partial charge in [0.15, 0.2) is 0 Å². The molecule has 7 heteroatoms. The minimum atomic E-state index is -0.270. The third-order valence-electron chi connectivity index (χ3n) is 5.04. The monoisotopic (exact) mass is 414 g/mol. The standard InChI is InChI=1S/C22H38O7/c1-4-20(23)27-16-8-10-18(28-21(24)5-2)13-14-19(29-22(25)6-3)12-11-17-9-7-15-26-17/h17-19H,4-16H2,1-3H3/t17-,18+,19+/m0/s1. The summed E-state index contributed by atoms with van der Waals surface area (Å²) in [6.07, 6.45) is 7.03. The van der Waals surface area contributed by atoms with Crippen molar-refractivity contribution in [3.8, 4) is 0 Å². The average molecular weight is 415 g/mol. The smallest absolute Gasteiger partial charge is 0.305 e. The van der Waals surface area contributed by atoms with E-state index in [1.165, 1.54) is 0 Å². The lowest BCUT2D eigenvalue weighted by Gasteiger charge is -2.23. The zero-order valence-electron chi connectivity index (χ0n) is 18.3. The summed E-state index contributed by atoms with van der Waals surface area (Å²) in [4.78, 5) is 34.8. The Morgan fingerprint density at radius 1 is 0.862 bits per heavy atom. The molecule has 1 aliphatic heterocycles. The third-order valence-corrected chi connectivity index (χ3v) is 5.04. The Labute approximate surface area is 174 Å². The van der Waals surface area contributed by atoms with Gasteiger partial charge in [-0.2, -0.15) is 0 Å². The van der Waals surface area contributed by atoms with Gasteiger partial charge in [0.1, 0.15) is 12.2 Å². The average Bonchev–Trinajstić information content (AvgIpc) is 3.25. The molecule has 1 rings (SSSR count). The predicted molar refractivity (Wildman–Crippen MR) is 108 cm³/mol. The van der Waals surface area contributed by atoms with Crippen molar-refractivity contribution in [3.05, 3.63) is 0 Å². The van der Waals surface area contributed by atoms with Crippen molar-refractivity contribution in [2.75, 3.05) is 13.2 Å². The van der Waals surface area contributed by atoms with E-state index in [9.17, 15) is 14.4 Å². The van der Waals surface area contributed by atoms with Crippen molar-refractivity contribution < 1.29 is 33.3 Å². The lowest BCUT2D eigenvalue weighted by molar-refractivity contribution is -0.154. The van der Waals surface area contributed by atoms with Crippen LogP contribution in [0.2, 0.25) is 0 Å². The van der Waals surface area contributed by atoms with Crippen molar-refractivity contribution in [2.24, 2.45) is 0 Å². The Kier molecular flexibility index (Phi) is 13.4. The highest BCUT2D eigenvalue weighted by atomic mass is 16.6. The third kappa shape index (κ3) is 11.8. The number of esters is 3. The highest BCUT2D eigenvalue weighted by molar-refractivity contribution is 5.69. The maximum Gasteiger partial charge on any atom is 0.305 e. The number of hydrogen-bond donors (Lipinski definition) is 0. The molecule has 168 valence electrons. The molecule has 0 aromatic carbocycles. The van der Waals surface area contributed by atoms with Crippen LogP contribution < -0.4 is 0 Å². The van der Waals surface area contributed by atoms with Crippen molar-refractivity contribution in [3.63, 3.8) is 0 Å². The van der Waals surface area contributed by atoms with Gasteiger partial charge >= 0.3 is 17.9 Å². The van der Waals surface area contributed by atoms with Crippen molar-refractivity contribution in [1.82, 2.24) is 0 Å². The van der Waals surface area contributed by atoms with E-state index in [0.717, 1.165) is 32.3 Å². The summed E-state index contributed by atoms with van der Waals surface area (Å²) in [7, 11) is 0. The van der Waals surface area contributed by atoms with E-state index >= 15 is 0 Å². The molecule has 29 heavy (non-hydrogen) atoms. The normalized spacial score (nSPS) is 18.1. The minimum Gasteiger partial charge on any atom is -0.466 e. The Morgan fingerprint density at radius 3 is 1.97 bits per heavy atom. The molecule has 0 radical (unpaired) electrons. The highest BCUT2D eigenvalue weighted by Gasteiger charge is 2.22. The molecule has 0 amide bonds. The molecular weight excluding hydrogens is 376 g/mol. The van der Waals surface area contributed by atoms with E-state index in [0.29, 0.717) is 51.6 Å². The second-order valence-electron chi connectivity index (χ2n) is 7.44. The fourth-order valence-corrected chi connectivity index (χ4v) is 3.28. The van der Waals surface area contributed by atoms with Crippen LogP contribution >= 0.6 is 0 Å². The van der Waals surface area contributed by atoms with Crippen LogP contribution in [0.3, 0.4) is 0 Å². The van der Waals surface area contributed by atoms with Gasteiger partial charge in [-0.3, -0.25) is 14.4 Å². The summed E-state index contributed by atoms with van der Waals surface area (Å²) < 4.78 is 21.9. The first-order valence-electron chi connectivity index (χ1n) is 11.1. The lowest BCUT2D eigenvalue weighted by Crippen LogP contribution is -2.24. The summed E-state index contributed by atoms with van der Waals surface area (Å²) in [5, 5.41) is 0. The molecule has 0 bridgehead atoms. The quantitative estimate of drug-likeness (QED) is 0.226. The highest BCUT2D eigenvalue weighted by Crippen LogP contribution is 2.22. The molecule has 3 atom stereocenters. The topological polar surface area (TPSA) is 88.1 Å². The number of carbonyl (C=O) groups excluding carboxylic acids is 3. The van der Waals surface area contributed by atoms with Crippen LogP contribution in [-0.4, -0.2) is 49.4 Å². The van der Waals surface area contributed by atoms with Crippen LogP contribution in [0.15, 0.2) is 0 Å². The Morgan fingerprint density at radius 2 is 1.45 bits per heavy atom. The van der Waals surface area contributed by atoms with E-state index in [1.807, 2.05) is 0 Å². The van der Waals surface area contributed by atoms with Crippen LogP contribution in [0.25, 0.3) is 0 Å². The van der Waals surface area contributed by atoms with Crippen LogP contribution in [-0.2, 0) is 33.3 Å². The van der Waals surface area contributed by atoms with Gasteiger partial charge in [0.05, 0.1) is 12.7 Å². The van der Waals surface area contributed by atoms with Gasteiger partial charge in [-0.1, -0.05) is 20.8 Å². The number of rotatable bonds is 15. The molecule has 0 aromatic heterocycles. The Balaban J connectivity index is 2.51. The maximum atomic E-state index is 11.8. The summed E-state index contributed by atoms with van der Waals surface area (Å²) in [6.45, 7) is 6.42. The minimum absolute atomic E-state index is 0.201. The van der Waals surface area contributed by atoms with Gasteiger partial charge in [-0.25, -0.2) is 0 Å². The molecule has 0 spiro atoms. The molecule has 1 fully saturated rings. The Bertz CT molecular complexity index is 486. The van der Waals surface area contributed by atoms with Crippen molar-refractivity contribution in [1.29, 1.82) is 0 Å². The van der Waals surface area contributed by atoms with Gasteiger partial charge in [0.2, 0.25) is 0 Å². The predicted octanol–water partition coefficient (Wildman–Crippen LogP) is 4.10.